The highest BCUT2D eigenvalue weighted by Gasteiger charge is 2.31. The van der Waals surface area contributed by atoms with Gasteiger partial charge >= 0.3 is 0 Å². The van der Waals surface area contributed by atoms with E-state index in [0.717, 1.165) is 11.1 Å². The van der Waals surface area contributed by atoms with Crippen LogP contribution in [0, 0.1) is 11.3 Å². The van der Waals surface area contributed by atoms with E-state index in [9.17, 15) is 18.3 Å². The molecule has 0 radical (unpaired) electrons. The summed E-state index contributed by atoms with van der Waals surface area (Å²) < 4.78 is 38.8. The Morgan fingerprint density at radius 1 is 1.25 bits per heavy atom. The number of amides is 1. The Balaban J connectivity index is 1.34. The van der Waals surface area contributed by atoms with E-state index in [2.05, 4.69) is 14.9 Å². The summed E-state index contributed by atoms with van der Waals surface area (Å²) in [4.78, 5) is 18.4. The lowest BCUT2D eigenvalue weighted by Gasteiger charge is -2.27. The largest absolute Gasteiger partial charge is 0.507 e. The van der Waals surface area contributed by atoms with E-state index in [1.54, 1.807) is 12.1 Å². The quantitative estimate of drug-likeness (QED) is 0.505. The molecule has 1 saturated heterocycles. The Bertz CT molecular complexity index is 1460. The van der Waals surface area contributed by atoms with Crippen molar-refractivity contribution in [2.75, 3.05) is 32.1 Å². The molecule has 1 fully saturated rings. The number of aromatic nitrogens is 2. The summed E-state index contributed by atoms with van der Waals surface area (Å²) in [5.74, 6) is -0.660. The number of phenols is 1. The van der Waals surface area contributed by atoms with E-state index < -0.39 is 27.7 Å². The third-order valence-electron chi connectivity index (χ3n) is 6.30. The van der Waals surface area contributed by atoms with Crippen LogP contribution in [-0.4, -0.2) is 66.5 Å². The molecule has 11 nitrogen and oxygen atoms in total. The van der Waals surface area contributed by atoms with Crippen LogP contribution in [0.4, 0.5) is 0 Å². The van der Waals surface area contributed by atoms with Crippen molar-refractivity contribution in [3.63, 3.8) is 0 Å². The Morgan fingerprint density at radius 2 is 2.06 bits per heavy atom. The van der Waals surface area contributed by atoms with Crippen LogP contribution in [0.15, 0.2) is 40.9 Å². The number of nitrogens with zero attached hydrogens (tertiary/aromatic N) is 4. The van der Waals surface area contributed by atoms with E-state index >= 15 is 0 Å². The number of hydrogen-bond acceptors (Lipinski definition) is 9. The zero-order valence-corrected chi connectivity index (χ0v) is 20.0. The zero-order valence-electron chi connectivity index (χ0n) is 19.2. The van der Waals surface area contributed by atoms with Crippen LogP contribution in [0.25, 0.3) is 22.8 Å². The normalized spacial score (nSPS) is 17.5. The molecule has 2 aliphatic rings. The van der Waals surface area contributed by atoms with Crippen LogP contribution in [-0.2, 0) is 26.0 Å². The van der Waals surface area contributed by atoms with Gasteiger partial charge in [-0.25, -0.2) is 13.1 Å². The molecular formula is C24H23N5O6S. The monoisotopic (exact) mass is 509 g/mol. The topological polar surface area (TPSA) is 159 Å². The molecule has 0 saturated carbocycles. The number of carbonyl (C=O) groups excluding carboxylic acids is 1. The zero-order chi connectivity index (χ0) is 25.3. The van der Waals surface area contributed by atoms with Gasteiger partial charge in [0.25, 0.3) is 5.89 Å². The number of morpholine rings is 1. The van der Waals surface area contributed by atoms with E-state index in [1.165, 1.54) is 17.0 Å². The molecule has 3 aromatic rings. The summed E-state index contributed by atoms with van der Waals surface area (Å²) in [6.45, 7) is 1.58. The molecule has 1 aliphatic carbocycles. The maximum absolute atomic E-state index is 12.8. The summed E-state index contributed by atoms with van der Waals surface area (Å²) in [6, 6.07) is 11.3. The molecule has 1 aliphatic heterocycles. The lowest BCUT2D eigenvalue weighted by atomic mass is 10.0. The highest BCUT2D eigenvalue weighted by atomic mass is 32.2. The first-order valence-electron chi connectivity index (χ1n) is 11.4. The van der Waals surface area contributed by atoms with Crippen molar-refractivity contribution in [1.82, 2.24) is 19.8 Å². The lowest BCUT2D eigenvalue weighted by Crippen LogP contribution is -2.45. The minimum atomic E-state index is -3.85. The van der Waals surface area contributed by atoms with Crippen LogP contribution in [0.2, 0.25) is 0 Å². The summed E-state index contributed by atoms with van der Waals surface area (Å²) in [5, 5.41) is 23.0. The van der Waals surface area contributed by atoms with Crippen molar-refractivity contribution in [3.05, 3.63) is 53.1 Å². The molecule has 1 unspecified atom stereocenters. The van der Waals surface area contributed by atoms with Crippen LogP contribution < -0.4 is 4.72 Å². The molecular weight excluding hydrogens is 486 g/mol. The average Bonchev–Trinajstić information content (AvgIpc) is 3.52. The number of carbonyl (C=O) groups is 1. The third-order valence-corrected chi connectivity index (χ3v) is 7.57. The first-order chi connectivity index (χ1) is 17.3. The second kappa shape index (κ2) is 9.69. The van der Waals surface area contributed by atoms with Gasteiger partial charge in [0.05, 0.1) is 18.8 Å². The number of hydrogen-bond donors (Lipinski definition) is 2. The van der Waals surface area contributed by atoms with Gasteiger partial charge in [0.2, 0.25) is 21.8 Å². The van der Waals surface area contributed by atoms with E-state index in [4.69, 9.17) is 14.5 Å². The second-order valence-electron chi connectivity index (χ2n) is 8.60. The fourth-order valence-corrected chi connectivity index (χ4v) is 5.79. The summed E-state index contributed by atoms with van der Waals surface area (Å²) >= 11 is 0. The number of fused-ring (bicyclic) bond motifs is 1. The Morgan fingerprint density at radius 3 is 2.83 bits per heavy atom. The Hall–Kier alpha value is -3.79. The van der Waals surface area contributed by atoms with E-state index in [0.29, 0.717) is 56.1 Å². The highest BCUT2D eigenvalue weighted by Crippen LogP contribution is 2.38. The van der Waals surface area contributed by atoms with Crippen molar-refractivity contribution >= 4 is 15.9 Å². The summed E-state index contributed by atoms with van der Waals surface area (Å²) in [7, 11) is -3.85. The van der Waals surface area contributed by atoms with E-state index in [1.807, 2.05) is 18.2 Å². The molecule has 36 heavy (non-hydrogen) atoms. The lowest BCUT2D eigenvalue weighted by molar-refractivity contribution is -0.132. The van der Waals surface area contributed by atoms with Gasteiger partial charge in [0.15, 0.2) is 0 Å². The van der Waals surface area contributed by atoms with Gasteiger partial charge in [-0.2, -0.15) is 10.2 Å². The molecule has 5 rings (SSSR count). The van der Waals surface area contributed by atoms with Crippen molar-refractivity contribution in [1.29, 1.82) is 5.26 Å². The standard InChI is InChI=1S/C24H23N5O6S/c25-13-16-12-15(4-7-21(16)30)24-26-23(27-35-24)19-3-1-2-18-17(19)5-6-20(18)28-36(32,33)14-22(31)29-8-10-34-11-9-29/h1-4,7,12,20,28,30H,5-6,8-11,14H2. The van der Waals surface area contributed by atoms with Crippen molar-refractivity contribution in [3.8, 4) is 34.7 Å². The molecule has 1 amide bonds. The van der Waals surface area contributed by atoms with Gasteiger partial charge in [-0.1, -0.05) is 23.4 Å². The minimum Gasteiger partial charge on any atom is -0.507 e. The number of phenolic OH excluding ortho intramolecular Hbond substituents is 1. The predicted molar refractivity (Wildman–Crippen MR) is 127 cm³/mol. The van der Waals surface area contributed by atoms with Crippen LogP contribution in [0.3, 0.4) is 0 Å². The molecule has 2 aromatic carbocycles. The minimum absolute atomic E-state index is 0.0927. The van der Waals surface area contributed by atoms with Crippen LogP contribution in [0.1, 0.15) is 29.2 Å². The maximum Gasteiger partial charge on any atom is 0.258 e. The van der Waals surface area contributed by atoms with Gasteiger partial charge < -0.3 is 19.3 Å². The van der Waals surface area contributed by atoms with Crippen LogP contribution in [0.5, 0.6) is 5.75 Å². The number of aromatic hydroxyl groups is 1. The molecule has 0 spiro atoms. The number of rotatable bonds is 6. The first-order valence-corrected chi connectivity index (χ1v) is 13.0. The Labute approximate surface area is 207 Å². The fraction of sp³-hybridized carbons (Fsp3) is 0.333. The molecule has 2 heterocycles. The van der Waals surface area contributed by atoms with E-state index in [-0.39, 0.29) is 17.2 Å². The molecule has 1 aromatic heterocycles. The second-order valence-corrected chi connectivity index (χ2v) is 10.4. The first kappa shape index (κ1) is 23.9. The highest BCUT2D eigenvalue weighted by molar-refractivity contribution is 7.90. The van der Waals surface area contributed by atoms with Crippen LogP contribution >= 0.6 is 0 Å². The maximum atomic E-state index is 12.8. The van der Waals surface area contributed by atoms with Gasteiger partial charge in [0.1, 0.15) is 17.6 Å². The van der Waals surface area contributed by atoms with Gasteiger partial charge in [-0.3, -0.25) is 4.79 Å². The van der Waals surface area contributed by atoms with Crippen molar-refractivity contribution in [2.45, 2.75) is 18.9 Å². The smallest absolute Gasteiger partial charge is 0.258 e. The molecule has 12 heteroatoms. The molecule has 0 bridgehead atoms. The summed E-state index contributed by atoms with van der Waals surface area (Å²) in [6.07, 6.45) is 1.13. The average molecular weight is 510 g/mol. The molecule has 186 valence electrons. The number of benzene rings is 2. The molecule has 2 N–H and O–H groups in total. The van der Waals surface area contributed by atoms with Crippen molar-refractivity contribution in [2.24, 2.45) is 0 Å². The Kier molecular flexibility index (Phi) is 6.44. The van der Waals surface area contributed by atoms with Gasteiger partial charge in [-0.15, -0.1) is 0 Å². The van der Waals surface area contributed by atoms with Gasteiger partial charge in [-0.05, 0) is 42.2 Å². The number of ether oxygens (including phenoxy) is 1. The SMILES string of the molecule is N#Cc1cc(-c2nc(-c3cccc4c3CCC4NS(=O)(=O)CC(=O)N3CCOCC3)no2)ccc1O. The van der Waals surface area contributed by atoms with Crippen molar-refractivity contribution < 1.29 is 27.6 Å². The number of nitrogens with one attached hydrogen (secondary N) is 1. The third kappa shape index (κ3) is 4.81. The fourth-order valence-electron chi connectivity index (χ4n) is 4.52. The number of nitriles is 1. The summed E-state index contributed by atoms with van der Waals surface area (Å²) in [5.41, 5.74) is 3.01. The predicted octanol–water partition coefficient (Wildman–Crippen LogP) is 1.75. The van der Waals surface area contributed by atoms with Gasteiger partial charge in [0, 0.05) is 30.3 Å². The number of sulfonamides is 1. The molecule has 1 atom stereocenters.